The molecule has 0 aromatic carbocycles. The molecule has 2 saturated carbocycles. The van der Waals surface area contributed by atoms with Crippen molar-refractivity contribution in [3.8, 4) is 0 Å². The first-order chi connectivity index (χ1) is 6.19. The molecule has 0 aromatic heterocycles. The molecule has 1 heteroatoms. The molecule has 14 heavy (non-hydrogen) atoms. The summed E-state index contributed by atoms with van der Waals surface area (Å²) in [5.41, 5.74) is 7.40. The van der Waals surface area contributed by atoms with Gasteiger partial charge in [0, 0.05) is 0 Å². The van der Waals surface area contributed by atoms with E-state index in [1.165, 1.54) is 0 Å². The summed E-state index contributed by atoms with van der Waals surface area (Å²) < 4.78 is 0. The first-order valence-corrected chi connectivity index (χ1v) is 5.89. The monoisotopic (exact) mass is 195 g/mol. The van der Waals surface area contributed by atoms with Crippen molar-refractivity contribution in [1.82, 2.24) is 0 Å². The highest BCUT2D eigenvalue weighted by molar-refractivity contribution is 5.23. The van der Waals surface area contributed by atoms with E-state index in [-0.39, 0.29) is 0 Å². The Morgan fingerprint density at radius 3 is 1.57 bits per heavy atom. The molecular formula is C13H25N. The van der Waals surface area contributed by atoms with E-state index in [9.17, 15) is 0 Å². The highest BCUT2D eigenvalue weighted by atomic mass is 14.8. The molecule has 2 unspecified atom stereocenters. The third kappa shape index (κ3) is 0.946. The van der Waals surface area contributed by atoms with Crippen LogP contribution in [0, 0.1) is 34.0 Å². The van der Waals surface area contributed by atoms with Crippen LogP contribution in [0.4, 0.5) is 0 Å². The lowest BCUT2D eigenvalue weighted by molar-refractivity contribution is 0.446. The maximum Gasteiger partial charge on any atom is -0.00407 e. The molecular weight excluding hydrogens is 170 g/mol. The van der Waals surface area contributed by atoms with Crippen LogP contribution >= 0.6 is 0 Å². The first-order valence-electron chi connectivity index (χ1n) is 5.89. The van der Waals surface area contributed by atoms with Gasteiger partial charge in [-0.2, -0.15) is 0 Å². The van der Waals surface area contributed by atoms with E-state index in [0.717, 1.165) is 24.3 Å². The molecule has 2 aliphatic rings. The number of hydrogen-bond donors (Lipinski definition) is 1. The molecule has 2 atom stereocenters. The lowest BCUT2D eigenvalue weighted by Crippen LogP contribution is -2.05. The molecule has 2 rings (SSSR count). The molecule has 0 bridgehead atoms. The van der Waals surface area contributed by atoms with Crippen LogP contribution in [0.1, 0.15) is 41.5 Å². The second-order valence-corrected chi connectivity index (χ2v) is 7.11. The molecule has 2 fully saturated rings. The Labute approximate surface area is 88.4 Å². The van der Waals surface area contributed by atoms with Gasteiger partial charge in [-0.25, -0.2) is 0 Å². The van der Waals surface area contributed by atoms with Crippen molar-refractivity contribution in [1.29, 1.82) is 0 Å². The van der Waals surface area contributed by atoms with Crippen molar-refractivity contribution in [3.05, 3.63) is 0 Å². The fourth-order valence-electron chi connectivity index (χ4n) is 4.04. The standard InChI is InChI=1S/C13H25N/c1-11(2)8(7-14)9(11)10-12(3,4)13(10,5)6/h8-10H,7,14H2,1-6H3. The zero-order valence-electron chi connectivity index (χ0n) is 10.5. The molecule has 0 radical (unpaired) electrons. The van der Waals surface area contributed by atoms with Gasteiger partial charge in [-0.05, 0) is 40.5 Å². The minimum Gasteiger partial charge on any atom is -0.330 e. The van der Waals surface area contributed by atoms with Crippen LogP contribution in [0.5, 0.6) is 0 Å². The molecule has 0 spiro atoms. The Bertz CT molecular complexity index is 248. The van der Waals surface area contributed by atoms with Crippen molar-refractivity contribution in [2.75, 3.05) is 6.54 Å². The van der Waals surface area contributed by atoms with Crippen LogP contribution in [0.3, 0.4) is 0 Å². The Balaban J connectivity index is 2.15. The Morgan fingerprint density at radius 2 is 1.36 bits per heavy atom. The van der Waals surface area contributed by atoms with E-state index in [2.05, 4.69) is 41.5 Å². The normalized spacial score (nSPS) is 42.2. The van der Waals surface area contributed by atoms with Gasteiger partial charge in [-0.3, -0.25) is 0 Å². The van der Waals surface area contributed by atoms with Gasteiger partial charge in [0.2, 0.25) is 0 Å². The van der Waals surface area contributed by atoms with E-state index in [4.69, 9.17) is 5.73 Å². The second kappa shape index (κ2) is 2.37. The summed E-state index contributed by atoms with van der Waals surface area (Å²) in [5, 5.41) is 0. The smallest absolute Gasteiger partial charge is 0.00407 e. The molecule has 82 valence electrons. The van der Waals surface area contributed by atoms with Gasteiger partial charge in [-0.1, -0.05) is 41.5 Å². The van der Waals surface area contributed by atoms with Crippen molar-refractivity contribution < 1.29 is 0 Å². The summed E-state index contributed by atoms with van der Waals surface area (Å²) in [7, 11) is 0. The van der Waals surface area contributed by atoms with Crippen LogP contribution in [0.15, 0.2) is 0 Å². The van der Waals surface area contributed by atoms with Crippen LogP contribution < -0.4 is 5.73 Å². The SMILES string of the molecule is CC1(C)C(CN)C1C1C(C)(C)C1(C)C. The van der Waals surface area contributed by atoms with Gasteiger partial charge >= 0.3 is 0 Å². The minimum absolute atomic E-state index is 0.504. The van der Waals surface area contributed by atoms with E-state index in [0.29, 0.717) is 16.2 Å². The van der Waals surface area contributed by atoms with Crippen LogP contribution in [-0.4, -0.2) is 6.54 Å². The third-order valence-corrected chi connectivity index (χ3v) is 5.88. The lowest BCUT2D eigenvalue weighted by Gasteiger charge is -2.04. The van der Waals surface area contributed by atoms with Gasteiger partial charge < -0.3 is 5.73 Å². The zero-order valence-corrected chi connectivity index (χ0v) is 10.5. The quantitative estimate of drug-likeness (QED) is 0.720. The van der Waals surface area contributed by atoms with Crippen molar-refractivity contribution in [2.45, 2.75) is 41.5 Å². The molecule has 2 N–H and O–H groups in total. The minimum atomic E-state index is 0.504. The van der Waals surface area contributed by atoms with Gasteiger partial charge in [0.05, 0.1) is 0 Å². The van der Waals surface area contributed by atoms with E-state index in [1.54, 1.807) is 0 Å². The summed E-state index contributed by atoms with van der Waals surface area (Å²) in [4.78, 5) is 0. The van der Waals surface area contributed by atoms with Gasteiger partial charge in [0.1, 0.15) is 0 Å². The topological polar surface area (TPSA) is 26.0 Å². The number of rotatable bonds is 2. The lowest BCUT2D eigenvalue weighted by atomic mass is 10.0. The molecule has 0 aliphatic heterocycles. The highest BCUT2D eigenvalue weighted by Crippen LogP contribution is 2.80. The predicted molar refractivity (Wildman–Crippen MR) is 60.9 cm³/mol. The van der Waals surface area contributed by atoms with E-state index >= 15 is 0 Å². The Morgan fingerprint density at radius 1 is 0.929 bits per heavy atom. The Hall–Kier alpha value is -0.0400. The van der Waals surface area contributed by atoms with Crippen LogP contribution in [0.25, 0.3) is 0 Å². The molecule has 0 heterocycles. The molecule has 2 aliphatic carbocycles. The fraction of sp³-hybridized carbons (Fsp3) is 1.00. The van der Waals surface area contributed by atoms with Crippen molar-refractivity contribution in [3.63, 3.8) is 0 Å². The summed E-state index contributed by atoms with van der Waals surface area (Å²) >= 11 is 0. The average molecular weight is 195 g/mol. The summed E-state index contributed by atoms with van der Waals surface area (Å²) in [6, 6.07) is 0. The fourth-order valence-corrected chi connectivity index (χ4v) is 4.04. The van der Waals surface area contributed by atoms with Crippen molar-refractivity contribution >= 4 is 0 Å². The zero-order chi connectivity index (χ0) is 10.9. The van der Waals surface area contributed by atoms with Gasteiger partial charge in [-0.15, -0.1) is 0 Å². The summed E-state index contributed by atoms with van der Waals surface area (Å²) in [6.07, 6.45) is 0. The van der Waals surface area contributed by atoms with Crippen LogP contribution in [-0.2, 0) is 0 Å². The van der Waals surface area contributed by atoms with Crippen molar-refractivity contribution in [2.24, 2.45) is 39.7 Å². The molecule has 0 aromatic rings. The molecule has 1 nitrogen and oxygen atoms in total. The molecule has 0 amide bonds. The first kappa shape index (κ1) is 10.5. The van der Waals surface area contributed by atoms with E-state index < -0.39 is 0 Å². The maximum atomic E-state index is 5.84. The summed E-state index contributed by atoms with van der Waals surface area (Å²) in [6.45, 7) is 15.3. The number of hydrogen-bond acceptors (Lipinski definition) is 1. The maximum absolute atomic E-state index is 5.84. The van der Waals surface area contributed by atoms with E-state index in [1.807, 2.05) is 0 Å². The summed E-state index contributed by atoms with van der Waals surface area (Å²) in [5.74, 6) is 2.53. The van der Waals surface area contributed by atoms with Gasteiger partial charge in [0.25, 0.3) is 0 Å². The highest BCUT2D eigenvalue weighted by Gasteiger charge is 2.76. The third-order valence-electron chi connectivity index (χ3n) is 5.88. The average Bonchev–Trinajstić information content (AvgIpc) is 2.65. The second-order valence-electron chi connectivity index (χ2n) is 7.11. The Kier molecular flexibility index (Phi) is 1.77. The predicted octanol–water partition coefficient (Wildman–Crippen LogP) is 2.90. The number of nitrogens with two attached hydrogens (primary N) is 1. The molecule has 0 saturated heterocycles. The van der Waals surface area contributed by atoms with Gasteiger partial charge in [0.15, 0.2) is 0 Å². The van der Waals surface area contributed by atoms with Crippen LogP contribution in [0.2, 0.25) is 0 Å². The largest absolute Gasteiger partial charge is 0.330 e.